The molecule has 0 amide bonds. The molecular weight excluding hydrogens is 324 g/mol. The Morgan fingerprint density at radius 3 is 2.83 bits per heavy atom. The second kappa shape index (κ2) is 6.11. The third kappa shape index (κ3) is 2.65. The van der Waals surface area contributed by atoms with Gasteiger partial charge in [0.2, 0.25) is 0 Å². The normalized spacial score (nSPS) is 13.6. The summed E-state index contributed by atoms with van der Waals surface area (Å²) in [5.74, 6) is 0.636. The Morgan fingerprint density at radius 2 is 2.08 bits per heavy atom. The van der Waals surface area contributed by atoms with E-state index in [1.807, 2.05) is 17.7 Å². The zero-order valence-corrected chi connectivity index (χ0v) is 14.2. The van der Waals surface area contributed by atoms with Gasteiger partial charge in [-0.3, -0.25) is 0 Å². The lowest BCUT2D eigenvalue weighted by atomic mass is 10.0. The standard InChI is InChI=1S/C18H18N2O3S/c1-20-14(9-21)8-19-18(20)24-10-13-7-17(22)23-16-6-12-4-2-3-11(12)5-15(13)16/h5-8,21H,2-4,9-10H2,1H3. The van der Waals surface area contributed by atoms with Crippen LogP contribution in [-0.4, -0.2) is 14.7 Å². The average molecular weight is 342 g/mol. The van der Waals surface area contributed by atoms with E-state index in [-0.39, 0.29) is 12.2 Å². The van der Waals surface area contributed by atoms with Gasteiger partial charge in [-0.15, -0.1) is 0 Å². The second-order valence-corrected chi connectivity index (χ2v) is 7.04. The fourth-order valence-corrected chi connectivity index (χ4v) is 4.22. The smallest absolute Gasteiger partial charge is 0.336 e. The Hall–Kier alpha value is -2.05. The minimum absolute atomic E-state index is 0.0337. The summed E-state index contributed by atoms with van der Waals surface area (Å²) in [4.78, 5) is 16.2. The molecule has 1 aliphatic carbocycles. The Kier molecular flexibility index (Phi) is 3.94. The molecule has 5 nitrogen and oxygen atoms in total. The fraction of sp³-hybridized carbons (Fsp3) is 0.333. The maximum atomic E-state index is 11.9. The molecule has 4 rings (SSSR count). The van der Waals surface area contributed by atoms with E-state index in [0.29, 0.717) is 11.3 Å². The van der Waals surface area contributed by atoms with Gasteiger partial charge in [-0.05, 0) is 48.1 Å². The number of aliphatic hydroxyl groups excluding tert-OH is 1. The van der Waals surface area contributed by atoms with Gasteiger partial charge in [0.05, 0.1) is 18.5 Å². The second-order valence-electron chi connectivity index (χ2n) is 6.10. The maximum absolute atomic E-state index is 11.9. The van der Waals surface area contributed by atoms with E-state index in [1.54, 1.807) is 24.0 Å². The number of aliphatic hydroxyl groups is 1. The van der Waals surface area contributed by atoms with Crippen molar-refractivity contribution in [2.24, 2.45) is 7.05 Å². The van der Waals surface area contributed by atoms with Crippen LogP contribution < -0.4 is 5.63 Å². The van der Waals surface area contributed by atoms with Crippen molar-refractivity contribution in [3.63, 3.8) is 0 Å². The third-order valence-corrected chi connectivity index (χ3v) is 5.70. The molecular formula is C18H18N2O3S. The van der Waals surface area contributed by atoms with Crippen molar-refractivity contribution in [3.05, 3.63) is 57.2 Å². The third-order valence-electron chi connectivity index (χ3n) is 4.60. The Labute approximate surface area is 143 Å². The van der Waals surface area contributed by atoms with Crippen LogP contribution in [0, 0.1) is 0 Å². The number of fused-ring (bicyclic) bond motifs is 2. The largest absolute Gasteiger partial charge is 0.423 e. The molecule has 0 aliphatic heterocycles. The molecule has 1 N–H and O–H groups in total. The van der Waals surface area contributed by atoms with E-state index in [1.165, 1.54) is 11.1 Å². The van der Waals surface area contributed by atoms with Gasteiger partial charge in [-0.1, -0.05) is 11.8 Å². The lowest BCUT2D eigenvalue weighted by molar-refractivity contribution is 0.271. The van der Waals surface area contributed by atoms with E-state index >= 15 is 0 Å². The summed E-state index contributed by atoms with van der Waals surface area (Å²) in [5, 5.41) is 11.1. The number of hydrogen-bond acceptors (Lipinski definition) is 5. The molecule has 0 radical (unpaired) electrons. The van der Waals surface area contributed by atoms with Crippen molar-refractivity contribution in [2.45, 2.75) is 36.8 Å². The number of rotatable bonds is 4. The molecule has 124 valence electrons. The van der Waals surface area contributed by atoms with Gasteiger partial charge in [-0.25, -0.2) is 9.78 Å². The molecule has 6 heteroatoms. The predicted octanol–water partition coefficient (Wildman–Crippen LogP) is 2.80. The first-order chi connectivity index (χ1) is 11.7. The van der Waals surface area contributed by atoms with Crippen LogP contribution in [0.2, 0.25) is 0 Å². The van der Waals surface area contributed by atoms with Crippen LogP contribution in [0.1, 0.15) is 28.8 Å². The zero-order chi connectivity index (χ0) is 16.7. The highest BCUT2D eigenvalue weighted by molar-refractivity contribution is 7.98. The number of thioether (sulfide) groups is 1. The van der Waals surface area contributed by atoms with Gasteiger partial charge in [0.15, 0.2) is 5.16 Å². The molecule has 0 atom stereocenters. The number of benzene rings is 1. The first-order valence-corrected chi connectivity index (χ1v) is 8.97. The molecule has 0 spiro atoms. The Balaban J connectivity index is 1.70. The summed E-state index contributed by atoms with van der Waals surface area (Å²) in [6.07, 6.45) is 4.99. The quantitative estimate of drug-likeness (QED) is 0.583. The molecule has 0 saturated heterocycles. The highest BCUT2D eigenvalue weighted by atomic mass is 32.2. The molecule has 24 heavy (non-hydrogen) atoms. The molecule has 0 bridgehead atoms. The van der Waals surface area contributed by atoms with E-state index in [4.69, 9.17) is 4.42 Å². The molecule has 1 aliphatic rings. The van der Waals surface area contributed by atoms with E-state index in [9.17, 15) is 9.90 Å². The SMILES string of the molecule is Cn1c(CO)cnc1SCc1cc(=O)oc2cc3c(cc12)CCC3. The first kappa shape index (κ1) is 15.5. The number of imidazole rings is 1. The fourth-order valence-electron chi connectivity index (χ4n) is 3.26. The molecule has 0 unspecified atom stereocenters. The van der Waals surface area contributed by atoms with Gasteiger partial charge in [0.1, 0.15) is 5.58 Å². The van der Waals surface area contributed by atoms with Gasteiger partial charge in [-0.2, -0.15) is 0 Å². The Morgan fingerprint density at radius 1 is 1.29 bits per heavy atom. The number of hydrogen-bond donors (Lipinski definition) is 1. The van der Waals surface area contributed by atoms with E-state index in [0.717, 1.165) is 41.1 Å². The van der Waals surface area contributed by atoms with Crippen LogP contribution in [0.3, 0.4) is 0 Å². The van der Waals surface area contributed by atoms with Crippen LogP contribution in [0.4, 0.5) is 0 Å². The van der Waals surface area contributed by atoms with Crippen molar-refractivity contribution in [1.29, 1.82) is 0 Å². The average Bonchev–Trinajstić information content (AvgIpc) is 3.16. The van der Waals surface area contributed by atoms with Gasteiger partial charge >= 0.3 is 5.63 Å². The molecule has 0 saturated carbocycles. The number of nitrogens with zero attached hydrogens (tertiary/aromatic N) is 2. The summed E-state index contributed by atoms with van der Waals surface area (Å²) in [6, 6.07) is 5.78. The molecule has 2 aromatic heterocycles. The monoisotopic (exact) mass is 342 g/mol. The highest BCUT2D eigenvalue weighted by Gasteiger charge is 2.16. The summed E-state index contributed by atoms with van der Waals surface area (Å²) in [7, 11) is 1.88. The van der Waals surface area contributed by atoms with Crippen molar-refractivity contribution < 1.29 is 9.52 Å². The lowest BCUT2D eigenvalue weighted by Crippen LogP contribution is -2.02. The van der Waals surface area contributed by atoms with Crippen LogP contribution in [0.5, 0.6) is 0 Å². The summed E-state index contributed by atoms with van der Waals surface area (Å²) in [5.41, 5.74) is 4.76. The highest BCUT2D eigenvalue weighted by Crippen LogP contribution is 2.31. The minimum Gasteiger partial charge on any atom is -0.423 e. The van der Waals surface area contributed by atoms with Crippen molar-refractivity contribution in [3.8, 4) is 0 Å². The number of aromatic nitrogens is 2. The summed E-state index contributed by atoms with van der Waals surface area (Å²) in [6.45, 7) is -0.0337. The van der Waals surface area contributed by atoms with Crippen LogP contribution >= 0.6 is 11.8 Å². The molecule has 3 aromatic rings. The van der Waals surface area contributed by atoms with E-state index in [2.05, 4.69) is 11.1 Å². The van der Waals surface area contributed by atoms with Crippen molar-refractivity contribution in [2.75, 3.05) is 0 Å². The van der Waals surface area contributed by atoms with Gasteiger partial charge in [0, 0.05) is 24.3 Å². The summed E-state index contributed by atoms with van der Waals surface area (Å²) < 4.78 is 7.28. The topological polar surface area (TPSA) is 68.3 Å². The molecule has 1 aromatic carbocycles. The van der Waals surface area contributed by atoms with Gasteiger partial charge in [0.25, 0.3) is 0 Å². The zero-order valence-electron chi connectivity index (χ0n) is 13.4. The number of aryl methyl sites for hydroxylation is 2. The summed E-state index contributed by atoms with van der Waals surface area (Å²) >= 11 is 1.55. The molecule has 2 heterocycles. The van der Waals surface area contributed by atoms with Crippen LogP contribution in [-0.2, 0) is 32.2 Å². The van der Waals surface area contributed by atoms with Crippen molar-refractivity contribution in [1.82, 2.24) is 9.55 Å². The van der Waals surface area contributed by atoms with Gasteiger partial charge < -0.3 is 14.1 Å². The lowest BCUT2D eigenvalue weighted by Gasteiger charge is -2.08. The van der Waals surface area contributed by atoms with E-state index < -0.39 is 0 Å². The first-order valence-electron chi connectivity index (χ1n) is 7.98. The Bertz CT molecular complexity index is 974. The molecule has 0 fully saturated rings. The van der Waals surface area contributed by atoms with Crippen LogP contribution in [0.15, 0.2) is 38.8 Å². The predicted molar refractivity (Wildman–Crippen MR) is 93.2 cm³/mol. The maximum Gasteiger partial charge on any atom is 0.336 e. The minimum atomic E-state index is -0.313. The van der Waals surface area contributed by atoms with Crippen LogP contribution in [0.25, 0.3) is 11.0 Å². The van der Waals surface area contributed by atoms with Crippen molar-refractivity contribution >= 4 is 22.7 Å².